The number of aliphatic imine (C=N–C) groups is 1. The molecule has 0 bridgehead atoms. The number of hydrogen-bond donors (Lipinski definition) is 1. The Morgan fingerprint density at radius 3 is 2.35 bits per heavy atom. The Morgan fingerprint density at radius 2 is 1.63 bits per heavy atom. The summed E-state index contributed by atoms with van der Waals surface area (Å²) in [6.45, 7) is 5.58. The van der Waals surface area contributed by atoms with Crippen LogP contribution in [0.25, 0.3) is 0 Å². The lowest BCUT2D eigenvalue weighted by molar-refractivity contribution is -0.390. The smallest absolute Gasteiger partial charge is 0.262 e. The number of nitrogens with one attached hydrogen (secondary N) is 1. The molecule has 1 N–H and O–H groups in total. The van der Waals surface area contributed by atoms with E-state index in [2.05, 4.69) is 10.5 Å². The van der Waals surface area contributed by atoms with E-state index < -0.39 is 17.4 Å². The highest BCUT2D eigenvalue weighted by Gasteiger charge is 2.51. The van der Waals surface area contributed by atoms with Crippen LogP contribution < -0.4 is 5.48 Å². The van der Waals surface area contributed by atoms with Crippen molar-refractivity contribution in [1.29, 1.82) is 0 Å². The summed E-state index contributed by atoms with van der Waals surface area (Å²) in [5.74, 6) is -0.604. The normalized spacial score (nSPS) is 17.5. The third kappa shape index (κ3) is 9.39. The molecule has 2 atom stereocenters. The third-order valence-corrected chi connectivity index (χ3v) is 8.77. The zero-order chi connectivity index (χ0) is 34.6. The second-order valence-electron chi connectivity index (χ2n) is 12.7. The number of ether oxygens (including phenoxy) is 1. The number of nitrogens with zero attached hydrogens (tertiary/aromatic N) is 3. The predicted molar refractivity (Wildman–Crippen MR) is 184 cm³/mol. The van der Waals surface area contributed by atoms with E-state index in [-0.39, 0.29) is 31.8 Å². The quantitative estimate of drug-likeness (QED) is 0.0494. The summed E-state index contributed by atoms with van der Waals surface area (Å²) < 4.78 is 5.55. The van der Waals surface area contributed by atoms with E-state index >= 15 is 0 Å². The summed E-state index contributed by atoms with van der Waals surface area (Å²) in [6, 6.07) is 24.2. The first-order valence-corrected chi connectivity index (χ1v) is 16.9. The molecule has 2 heterocycles. The van der Waals surface area contributed by atoms with Gasteiger partial charge in [-0.25, -0.2) is 9.78 Å². The first-order valence-electron chi connectivity index (χ1n) is 16.9. The van der Waals surface area contributed by atoms with Gasteiger partial charge in [0.05, 0.1) is 17.7 Å². The Kier molecular flexibility index (Phi) is 12.7. The van der Waals surface area contributed by atoms with Crippen LogP contribution in [-0.2, 0) is 43.9 Å². The molecule has 0 spiro atoms. The monoisotopic (exact) mass is 670 g/mol. The lowest BCUT2D eigenvalue weighted by Crippen LogP contribution is -2.59. The summed E-state index contributed by atoms with van der Waals surface area (Å²) in [7, 11) is 1.69. The molecule has 11 heteroatoms. The maximum absolute atomic E-state index is 14.3. The van der Waals surface area contributed by atoms with Gasteiger partial charge < -0.3 is 9.64 Å². The van der Waals surface area contributed by atoms with Crippen molar-refractivity contribution in [1.82, 2.24) is 15.3 Å². The number of amidine groups is 1. The lowest BCUT2D eigenvalue weighted by atomic mass is 9.90. The van der Waals surface area contributed by atoms with Gasteiger partial charge in [0.25, 0.3) is 11.8 Å². The zero-order valence-corrected chi connectivity index (χ0v) is 28.6. The van der Waals surface area contributed by atoms with Gasteiger partial charge in [-0.1, -0.05) is 66.7 Å². The van der Waals surface area contributed by atoms with Crippen LogP contribution in [0, 0.1) is 0 Å². The first kappa shape index (κ1) is 35.9. The summed E-state index contributed by atoms with van der Waals surface area (Å²) in [4.78, 5) is 65.3. The van der Waals surface area contributed by atoms with E-state index in [0.717, 1.165) is 40.9 Å². The SMILES string of the molecule is CC(=NCCCCC(C)(C(=O)N(C)Cc1cccc(COOC2CCCCO2)c1)N1C(=O)c2ccccc2C1=O)NOCc1ccccc1. The summed E-state index contributed by atoms with van der Waals surface area (Å²) in [5, 5.41) is 0. The van der Waals surface area contributed by atoms with Crippen molar-refractivity contribution in [2.24, 2.45) is 4.99 Å². The first-order chi connectivity index (χ1) is 23.8. The number of hydrogen-bond acceptors (Lipinski definition) is 8. The van der Waals surface area contributed by atoms with Gasteiger partial charge in [-0.05, 0) is 74.8 Å². The van der Waals surface area contributed by atoms with E-state index in [1.54, 1.807) is 43.1 Å². The zero-order valence-electron chi connectivity index (χ0n) is 28.6. The Bertz CT molecular complexity index is 1570. The van der Waals surface area contributed by atoms with Crippen molar-refractivity contribution in [3.05, 3.63) is 107 Å². The second-order valence-corrected chi connectivity index (χ2v) is 12.7. The molecular weight excluding hydrogens is 624 g/mol. The molecule has 1 fully saturated rings. The maximum atomic E-state index is 14.3. The minimum Gasteiger partial charge on any atom is -0.350 e. The number of unbranched alkanes of at least 4 members (excludes halogenated alkanes) is 1. The van der Waals surface area contributed by atoms with Crippen molar-refractivity contribution in [2.75, 3.05) is 20.2 Å². The van der Waals surface area contributed by atoms with Crippen molar-refractivity contribution in [3.8, 4) is 0 Å². The van der Waals surface area contributed by atoms with Gasteiger partial charge in [0.1, 0.15) is 18.0 Å². The summed E-state index contributed by atoms with van der Waals surface area (Å²) >= 11 is 0. The number of amides is 3. The Balaban J connectivity index is 1.21. The number of imide groups is 1. The van der Waals surface area contributed by atoms with Gasteiger partial charge in [-0.3, -0.25) is 34.6 Å². The Labute approximate surface area is 288 Å². The average molecular weight is 671 g/mol. The number of hydroxylamine groups is 1. The second kappa shape index (κ2) is 17.3. The van der Waals surface area contributed by atoms with E-state index in [0.29, 0.717) is 49.6 Å². The van der Waals surface area contributed by atoms with Gasteiger partial charge in [-0.15, -0.1) is 0 Å². The van der Waals surface area contributed by atoms with E-state index in [4.69, 9.17) is 19.3 Å². The number of carbonyl (C=O) groups excluding carboxylic acids is 3. The fourth-order valence-electron chi connectivity index (χ4n) is 6.15. The van der Waals surface area contributed by atoms with E-state index in [1.165, 1.54) is 0 Å². The highest BCUT2D eigenvalue weighted by molar-refractivity contribution is 6.23. The minimum absolute atomic E-state index is 0.231. The fourth-order valence-corrected chi connectivity index (χ4v) is 6.15. The van der Waals surface area contributed by atoms with Crippen LogP contribution in [0.4, 0.5) is 0 Å². The molecule has 3 amide bonds. The number of carbonyl (C=O) groups is 3. The fraction of sp³-hybridized carbons (Fsp3) is 0.421. The largest absolute Gasteiger partial charge is 0.350 e. The van der Waals surface area contributed by atoms with Gasteiger partial charge >= 0.3 is 0 Å². The van der Waals surface area contributed by atoms with E-state index in [9.17, 15) is 14.4 Å². The molecule has 11 nitrogen and oxygen atoms in total. The molecule has 2 aliphatic heterocycles. The van der Waals surface area contributed by atoms with Crippen molar-refractivity contribution < 1.29 is 33.7 Å². The molecule has 0 aromatic heterocycles. The molecule has 3 aromatic carbocycles. The van der Waals surface area contributed by atoms with Gasteiger partial charge in [0.15, 0.2) is 6.29 Å². The molecule has 1 saturated heterocycles. The Hall–Kier alpha value is -4.42. The number of benzene rings is 3. The van der Waals surface area contributed by atoms with E-state index in [1.807, 2.05) is 61.5 Å². The highest BCUT2D eigenvalue weighted by atomic mass is 17.2. The summed E-state index contributed by atoms with van der Waals surface area (Å²) in [5.41, 5.74) is 4.87. The van der Waals surface area contributed by atoms with Crippen molar-refractivity contribution >= 4 is 23.6 Å². The van der Waals surface area contributed by atoms with Crippen molar-refractivity contribution in [3.63, 3.8) is 0 Å². The topological polar surface area (TPSA) is 119 Å². The third-order valence-electron chi connectivity index (χ3n) is 8.77. The van der Waals surface area contributed by atoms with Crippen molar-refractivity contribution in [2.45, 2.75) is 84.0 Å². The van der Waals surface area contributed by atoms with Gasteiger partial charge in [0, 0.05) is 33.2 Å². The van der Waals surface area contributed by atoms with Gasteiger partial charge in [-0.2, -0.15) is 0 Å². The minimum atomic E-state index is -1.41. The number of likely N-dealkylation sites (N-methyl/N-ethyl adjacent to an activating group) is 1. The van der Waals surface area contributed by atoms with Crippen LogP contribution in [0.5, 0.6) is 0 Å². The molecule has 0 saturated carbocycles. The lowest BCUT2D eigenvalue weighted by Gasteiger charge is -2.39. The molecule has 2 unspecified atom stereocenters. The highest BCUT2D eigenvalue weighted by Crippen LogP contribution is 2.34. The molecule has 0 radical (unpaired) electrons. The standard InChI is InChI=1S/C38H46N4O7/c1-28(40-47-26-29-14-5-4-6-15-29)39-22-11-10-21-38(2,42-35(43)32-18-7-8-19-33(32)36(42)44)37(45)41(3)25-30-16-13-17-31(24-30)27-48-49-34-20-9-12-23-46-34/h4-8,13-19,24,34H,9-12,20-23,25-27H2,1-3H3,(H,39,40). The van der Waals surface area contributed by atoms with Crippen LogP contribution in [0.2, 0.25) is 0 Å². The molecule has 2 aliphatic rings. The average Bonchev–Trinajstić information content (AvgIpc) is 3.38. The van der Waals surface area contributed by atoms with Crippen LogP contribution >= 0.6 is 0 Å². The molecule has 5 rings (SSSR count). The molecule has 3 aromatic rings. The molecule has 260 valence electrons. The van der Waals surface area contributed by atoms with Crippen LogP contribution in [0.1, 0.15) is 89.8 Å². The van der Waals surface area contributed by atoms with Crippen LogP contribution in [0.3, 0.4) is 0 Å². The Morgan fingerprint density at radius 1 is 0.939 bits per heavy atom. The number of fused-ring (bicyclic) bond motifs is 1. The number of rotatable bonds is 16. The molecule has 49 heavy (non-hydrogen) atoms. The maximum Gasteiger partial charge on any atom is 0.262 e. The predicted octanol–water partition coefficient (Wildman–Crippen LogP) is 5.98. The molecule has 0 aliphatic carbocycles. The molecular formula is C38H46N4O7. The summed E-state index contributed by atoms with van der Waals surface area (Å²) in [6.07, 6.45) is 3.99. The van der Waals surface area contributed by atoms with Crippen LogP contribution in [0.15, 0.2) is 83.9 Å². The van der Waals surface area contributed by atoms with Crippen LogP contribution in [-0.4, -0.2) is 65.4 Å². The van der Waals surface area contributed by atoms with Gasteiger partial charge in [0.2, 0.25) is 5.91 Å².